The van der Waals surface area contributed by atoms with Crippen LogP contribution in [-0.2, 0) is 32.7 Å². The van der Waals surface area contributed by atoms with Gasteiger partial charge in [-0.05, 0) is 80.6 Å². The van der Waals surface area contributed by atoms with Gasteiger partial charge in [0.15, 0.2) is 6.10 Å². The number of nitrogens with one attached hydrogen (secondary N) is 1. The second kappa shape index (κ2) is 26.0. The molecule has 0 spiro atoms. The highest BCUT2D eigenvalue weighted by molar-refractivity contribution is 7.47. The summed E-state index contributed by atoms with van der Waals surface area (Å²) in [5, 5.41) is 15.3. The monoisotopic (exact) mass is 1010 g/mol. The second-order valence-corrected chi connectivity index (χ2v) is 22.6. The summed E-state index contributed by atoms with van der Waals surface area (Å²) in [6.45, 7) is 16.3. The maximum absolute atomic E-state index is 13.9. The average Bonchev–Trinajstić information content (AvgIpc) is 4.09. The van der Waals surface area contributed by atoms with Gasteiger partial charge in [-0.25, -0.2) is 19.5 Å². The predicted molar refractivity (Wildman–Crippen MR) is 287 cm³/mol. The number of aliphatic hydroxyl groups excluding tert-OH is 1. The van der Waals surface area contributed by atoms with Crippen molar-refractivity contribution in [3.05, 3.63) is 104 Å². The van der Waals surface area contributed by atoms with Crippen molar-refractivity contribution in [3.63, 3.8) is 0 Å². The number of aliphatic imine (C=N–C) groups is 3. The van der Waals surface area contributed by atoms with Crippen molar-refractivity contribution < 1.29 is 47.2 Å². The number of likely N-dealkylation sites (N-methyl/N-ethyl adjacent to an activating group) is 1. The van der Waals surface area contributed by atoms with Gasteiger partial charge in [0.05, 0.1) is 62.0 Å². The molecule has 6 rings (SSSR count). The van der Waals surface area contributed by atoms with Gasteiger partial charge in [-0.3, -0.25) is 18.6 Å². The van der Waals surface area contributed by atoms with Crippen LogP contribution in [0.3, 0.4) is 0 Å². The number of aliphatic hydroxyl groups is 1. The fraction of sp³-hybridized carbons (Fsp3) is 0.596. The first kappa shape index (κ1) is 56.6. The summed E-state index contributed by atoms with van der Waals surface area (Å²) in [5.74, 6) is -1.13. The summed E-state index contributed by atoms with van der Waals surface area (Å²) < 4.78 is 35.5. The number of allylic oxidation sites excluding steroid dienone is 12. The third-order valence-electron chi connectivity index (χ3n) is 14.6. The number of rotatable bonds is 29. The first-order chi connectivity index (χ1) is 34.3. The largest absolute Gasteiger partial charge is 0.511 e. The Hall–Kier alpha value is -4.72. The Labute approximate surface area is 429 Å². The Morgan fingerprint density at radius 2 is 1.47 bits per heavy atom. The number of phosphoric acid groups is 1. The van der Waals surface area contributed by atoms with Crippen LogP contribution in [0.25, 0.3) is 0 Å². The summed E-state index contributed by atoms with van der Waals surface area (Å²) in [7, 11) is 1.27. The van der Waals surface area contributed by atoms with Crippen LogP contribution in [0.2, 0.25) is 0 Å². The van der Waals surface area contributed by atoms with E-state index in [2.05, 4.69) is 45.7 Å². The van der Waals surface area contributed by atoms with E-state index in [-0.39, 0.29) is 50.1 Å². The first-order valence-corrected chi connectivity index (χ1v) is 28.2. The maximum atomic E-state index is 13.9. The normalized spacial score (nSPS) is 20.9. The van der Waals surface area contributed by atoms with Gasteiger partial charge in [-0.2, -0.15) is 0 Å². The van der Waals surface area contributed by atoms with Crippen molar-refractivity contribution in [2.75, 3.05) is 47.5 Å². The van der Waals surface area contributed by atoms with Crippen LogP contribution in [0, 0.1) is 11.8 Å². The van der Waals surface area contributed by atoms with Crippen LogP contribution in [0.1, 0.15) is 157 Å². The molecule has 1 fully saturated rings. The van der Waals surface area contributed by atoms with E-state index in [0.717, 1.165) is 99.0 Å². The van der Waals surface area contributed by atoms with Crippen LogP contribution < -0.4 is 5.32 Å². The molecule has 14 nitrogen and oxygen atoms in total. The zero-order chi connectivity index (χ0) is 52.2. The van der Waals surface area contributed by atoms with E-state index in [1.54, 1.807) is 0 Å². The third kappa shape index (κ3) is 15.0. The average molecular weight is 1010 g/mol. The van der Waals surface area contributed by atoms with E-state index in [4.69, 9.17) is 33.5 Å². The van der Waals surface area contributed by atoms with Crippen molar-refractivity contribution in [2.24, 2.45) is 26.8 Å². The molecule has 4 atom stereocenters. The van der Waals surface area contributed by atoms with Crippen LogP contribution in [0.15, 0.2) is 119 Å². The summed E-state index contributed by atoms with van der Waals surface area (Å²) in [5.41, 5.74) is 13.0. The molecule has 394 valence electrons. The van der Waals surface area contributed by atoms with Crippen molar-refractivity contribution in [1.82, 2.24) is 5.32 Å². The van der Waals surface area contributed by atoms with Crippen LogP contribution in [0.5, 0.6) is 0 Å². The number of carbonyl (C=O) groups excluding carboxylic acids is 2. The Kier molecular flexibility index (Phi) is 20.4. The highest BCUT2D eigenvalue weighted by Gasteiger charge is 2.41. The van der Waals surface area contributed by atoms with Crippen molar-refractivity contribution in [3.8, 4) is 0 Å². The minimum absolute atomic E-state index is 0.0315. The van der Waals surface area contributed by atoms with Crippen LogP contribution in [-0.4, -0.2) is 97.2 Å². The molecule has 0 saturated carbocycles. The topological polar surface area (TPSA) is 178 Å². The lowest BCUT2D eigenvalue weighted by Gasteiger charge is -2.24. The molecule has 0 aromatic heterocycles. The van der Waals surface area contributed by atoms with Crippen LogP contribution >= 0.6 is 7.82 Å². The predicted octanol–water partition coefficient (Wildman–Crippen LogP) is 12.4. The molecule has 3 N–H and O–H groups in total. The fourth-order valence-corrected chi connectivity index (χ4v) is 10.9. The number of hydrogen-bond acceptors (Lipinski definition) is 12. The van der Waals surface area contributed by atoms with Gasteiger partial charge < -0.3 is 29.3 Å². The lowest BCUT2D eigenvalue weighted by molar-refractivity contribution is -0.870. The van der Waals surface area contributed by atoms with Gasteiger partial charge in [0.2, 0.25) is 0 Å². The van der Waals surface area contributed by atoms with Gasteiger partial charge in [0, 0.05) is 59.2 Å². The highest BCUT2D eigenvalue weighted by Crippen LogP contribution is 2.47. The van der Waals surface area contributed by atoms with Gasteiger partial charge in [0.25, 0.3) is 0 Å². The van der Waals surface area contributed by atoms with Crippen molar-refractivity contribution in [1.29, 1.82) is 0 Å². The molecular formula is C57H83N5O9P+. The molecular weight excluding hydrogens is 930 g/mol. The Bertz CT molecular complexity index is 2490. The summed E-state index contributed by atoms with van der Waals surface area (Å²) in [6, 6.07) is 0. The molecule has 0 radical (unpaired) electrons. The third-order valence-corrected chi connectivity index (χ3v) is 15.6. The number of unbranched alkanes of at least 4 members (excludes halogenated alkanes) is 12. The molecule has 5 aliphatic heterocycles. The van der Waals surface area contributed by atoms with Gasteiger partial charge in [-0.15, -0.1) is 0 Å². The fourth-order valence-electron chi connectivity index (χ4n) is 10.2. The van der Waals surface area contributed by atoms with E-state index in [0.29, 0.717) is 35.2 Å². The number of carbonyl (C=O) groups is 2. The van der Waals surface area contributed by atoms with Gasteiger partial charge in [-0.1, -0.05) is 110 Å². The molecule has 72 heavy (non-hydrogen) atoms. The highest BCUT2D eigenvalue weighted by atomic mass is 31.2. The molecule has 0 aromatic rings. The molecule has 8 bridgehead atoms. The molecule has 2 unspecified atom stereocenters. The smallest absolute Gasteiger partial charge is 0.472 e. The second-order valence-electron chi connectivity index (χ2n) is 21.2. The maximum Gasteiger partial charge on any atom is 0.472 e. The van der Waals surface area contributed by atoms with Gasteiger partial charge in [0.1, 0.15) is 25.5 Å². The number of ether oxygens (including phenoxy) is 2. The van der Waals surface area contributed by atoms with E-state index in [1.165, 1.54) is 57.8 Å². The van der Waals surface area contributed by atoms with Crippen molar-refractivity contribution in [2.45, 2.75) is 163 Å². The zero-order valence-electron chi connectivity index (χ0n) is 44.8. The van der Waals surface area contributed by atoms with E-state index < -0.39 is 32.5 Å². The minimum Gasteiger partial charge on any atom is -0.511 e. The number of esters is 2. The Morgan fingerprint density at radius 1 is 0.833 bits per heavy atom. The molecule has 1 aliphatic carbocycles. The van der Waals surface area contributed by atoms with E-state index >= 15 is 0 Å². The number of hydrogen-bond donors (Lipinski definition) is 3. The number of quaternary nitrogens is 1. The Balaban J connectivity index is 1.15. The minimum atomic E-state index is -4.54. The SMILES string of the molecule is C=CC1=C(C)C2=NC1=CC1=NC(=CC3=C(C)C4=C(O)CC(=C5NC(=C2)[C@@H](C)[C@@H]5CCC(=O)OC(COC(=O)CCCCCCCCCCCCCCC)COP(=O)(O)OCC[N+](C)(C)C)C4=N3)C(CC)=C1C. The lowest BCUT2D eigenvalue weighted by Crippen LogP contribution is -2.37. The summed E-state index contributed by atoms with van der Waals surface area (Å²) in [4.78, 5) is 52.8. The number of phosphoric ester groups is 1. The quantitative estimate of drug-likeness (QED) is 0.0283. The summed E-state index contributed by atoms with van der Waals surface area (Å²) in [6.07, 6.45) is 23.8. The molecule has 15 heteroatoms. The first-order valence-electron chi connectivity index (χ1n) is 26.7. The summed E-state index contributed by atoms with van der Waals surface area (Å²) >= 11 is 0. The van der Waals surface area contributed by atoms with Crippen LogP contribution in [0.4, 0.5) is 0 Å². The van der Waals surface area contributed by atoms with Crippen molar-refractivity contribution >= 4 is 36.9 Å². The molecule has 5 heterocycles. The molecule has 0 aromatic carbocycles. The molecule has 0 amide bonds. The standard InChI is InChI=1S/C57H82N5O9P/c1-11-14-15-16-17-18-19-20-21-22-23-24-25-26-53(64)68-35-41(36-70-72(66,67)69-30-29-62(8,9)10)71-54(65)28-27-44-39(6)48-32-46-37(4)42(12-2)50(58-46)33-47-38(5)43(13-3)51(59-47)34-49-40(7)55-52(63)31-45(56(44)60-48)57(55)61-49/h12,32-34,39,41,44H,2,11,13-31,35-36H2,1,3-10H3,(H2-,58,59,60,61,63,66,67)/p+1/t39-,41?,44-/m0/s1. The van der Waals surface area contributed by atoms with E-state index in [1.807, 2.05) is 53.2 Å². The van der Waals surface area contributed by atoms with Gasteiger partial charge >= 0.3 is 19.8 Å². The number of nitrogens with zero attached hydrogens (tertiary/aromatic N) is 4. The molecule has 6 aliphatic rings. The Morgan fingerprint density at radius 3 is 2.11 bits per heavy atom. The molecule has 1 saturated heterocycles. The van der Waals surface area contributed by atoms with E-state index in [9.17, 15) is 24.2 Å². The lowest BCUT2D eigenvalue weighted by atomic mass is 9.86. The number of fused-ring (bicyclic) bond motifs is 5. The zero-order valence-corrected chi connectivity index (χ0v) is 45.7.